The van der Waals surface area contributed by atoms with Crippen molar-refractivity contribution in [1.29, 1.82) is 0 Å². The van der Waals surface area contributed by atoms with E-state index in [1.807, 2.05) is 30.3 Å². The van der Waals surface area contributed by atoms with E-state index in [2.05, 4.69) is 25.9 Å². The van der Waals surface area contributed by atoms with Crippen molar-refractivity contribution in [3.8, 4) is 0 Å². The molecule has 0 fully saturated rings. The number of nitrogens with one attached hydrogen (secondary N) is 3. The predicted octanol–water partition coefficient (Wildman–Crippen LogP) is 3.35. The minimum atomic E-state index is -0.404. The molecule has 128 valence electrons. The minimum Gasteiger partial charge on any atom is -0.350 e. The lowest BCUT2D eigenvalue weighted by atomic mass is 10.2. The van der Waals surface area contributed by atoms with Crippen LogP contribution in [0.1, 0.15) is 29.8 Å². The number of hydrogen-bond donors (Lipinski definition) is 3. The van der Waals surface area contributed by atoms with Crippen LogP contribution in [0.25, 0.3) is 0 Å². The van der Waals surface area contributed by atoms with Crippen molar-refractivity contribution < 1.29 is 9.18 Å². The zero-order valence-corrected chi connectivity index (χ0v) is 13.9. The number of anilines is 2. The highest BCUT2D eigenvalue weighted by atomic mass is 19.1. The first-order valence-electron chi connectivity index (χ1n) is 7.81. The van der Waals surface area contributed by atoms with Crippen molar-refractivity contribution in [2.24, 2.45) is 0 Å². The summed E-state index contributed by atoms with van der Waals surface area (Å²) >= 11 is 0. The van der Waals surface area contributed by atoms with Crippen LogP contribution in [-0.2, 0) is 6.54 Å². The number of nitrogens with zero attached hydrogens (tertiary/aromatic N) is 2. The maximum absolute atomic E-state index is 13.2. The summed E-state index contributed by atoms with van der Waals surface area (Å²) in [5, 5.41) is 8.82. The number of carbonyl (C=O) groups excluding carboxylic acids is 1. The number of hydrogen-bond acceptors (Lipinski definition) is 5. The molecular formula is C18H18FN5O. The number of allylic oxidation sites excluding steroid dienone is 3. The van der Waals surface area contributed by atoms with Crippen LogP contribution in [-0.4, -0.2) is 15.9 Å². The fourth-order valence-corrected chi connectivity index (χ4v) is 2.38. The summed E-state index contributed by atoms with van der Waals surface area (Å²) in [4.78, 5) is 20.8. The summed E-state index contributed by atoms with van der Waals surface area (Å²) in [6.07, 6.45) is 2.70. The van der Waals surface area contributed by atoms with E-state index in [0.717, 1.165) is 5.56 Å². The molecule has 0 aliphatic carbocycles. The largest absolute Gasteiger partial charge is 0.350 e. The summed E-state index contributed by atoms with van der Waals surface area (Å²) in [5.74, 6) is -0.0167. The number of carbonyl (C=O) groups is 1. The van der Waals surface area contributed by atoms with Crippen LogP contribution in [0.4, 0.5) is 16.2 Å². The Balaban J connectivity index is 1.83. The Bertz CT molecular complexity index is 857. The van der Waals surface area contributed by atoms with Gasteiger partial charge in [-0.15, -0.1) is 0 Å². The van der Waals surface area contributed by atoms with Gasteiger partial charge in [0.15, 0.2) is 0 Å². The lowest BCUT2D eigenvalue weighted by Crippen LogP contribution is -2.22. The number of aromatic nitrogens is 2. The molecule has 1 aromatic heterocycles. The van der Waals surface area contributed by atoms with Gasteiger partial charge in [0, 0.05) is 18.4 Å². The molecule has 1 aromatic carbocycles. The molecule has 0 saturated carbocycles. The number of rotatable bonds is 4. The molecule has 3 N–H and O–H groups in total. The monoisotopic (exact) mass is 339 g/mol. The molecule has 6 nitrogen and oxygen atoms in total. The van der Waals surface area contributed by atoms with E-state index in [9.17, 15) is 9.18 Å². The molecular weight excluding hydrogens is 321 g/mol. The third-order valence-electron chi connectivity index (χ3n) is 3.63. The van der Waals surface area contributed by atoms with Gasteiger partial charge in [-0.2, -0.15) is 4.98 Å². The molecule has 25 heavy (non-hydrogen) atoms. The highest BCUT2D eigenvalue weighted by Crippen LogP contribution is 2.21. The van der Waals surface area contributed by atoms with Crippen molar-refractivity contribution in [2.75, 3.05) is 10.6 Å². The highest BCUT2D eigenvalue weighted by Gasteiger charge is 2.20. The van der Waals surface area contributed by atoms with E-state index in [-0.39, 0.29) is 5.91 Å². The van der Waals surface area contributed by atoms with Gasteiger partial charge >= 0.3 is 0 Å². The van der Waals surface area contributed by atoms with Crippen molar-refractivity contribution >= 4 is 17.7 Å². The van der Waals surface area contributed by atoms with Crippen LogP contribution < -0.4 is 16.0 Å². The Morgan fingerprint density at radius 2 is 2.04 bits per heavy atom. The standard InChI is InChI=1S/C18H18FN5O/c1-11(19)8-15-12(2)22-16-14(17(25)23-15)10-21-18(24-16)20-9-13-6-4-3-5-7-13/h3-8,10H,9H2,1-2H3,(H,23,25)(H2,20,21,22,24)/b11-8+. The van der Waals surface area contributed by atoms with Crippen LogP contribution in [0.3, 0.4) is 0 Å². The molecule has 7 heteroatoms. The van der Waals surface area contributed by atoms with E-state index in [1.54, 1.807) is 6.92 Å². The summed E-state index contributed by atoms with van der Waals surface area (Å²) in [7, 11) is 0. The van der Waals surface area contributed by atoms with E-state index in [4.69, 9.17) is 0 Å². The smallest absolute Gasteiger partial charge is 0.261 e. The second-order valence-corrected chi connectivity index (χ2v) is 5.64. The van der Waals surface area contributed by atoms with E-state index >= 15 is 0 Å². The average molecular weight is 339 g/mol. The van der Waals surface area contributed by atoms with Gasteiger partial charge in [-0.3, -0.25) is 4.79 Å². The lowest BCUT2D eigenvalue weighted by molar-refractivity contribution is 0.0968. The maximum atomic E-state index is 13.2. The van der Waals surface area contributed by atoms with Crippen LogP contribution >= 0.6 is 0 Å². The SMILES string of the molecule is CC1=C(/C=C(\C)F)NC(=O)c2cnc(NCc3ccccc3)nc2N1. The summed E-state index contributed by atoms with van der Waals surface area (Å²) in [6, 6.07) is 9.85. The summed E-state index contributed by atoms with van der Waals surface area (Å²) in [5.41, 5.74) is 2.34. The fourth-order valence-electron chi connectivity index (χ4n) is 2.38. The molecule has 2 aromatic rings. The average Bonchev–Trinajstić information content (AvgIpc) is 2.70. The highest BCUT2D eigenvalue weighted by molar-refractivity contribution is 6.01. The molecule has 0 unspecified atom stereocenters. The molecule has 0 bridgehead atoms. The number of amides is 1. The molecule has 1 aliphatic heterocycles. The van der Waals surface area contributed by atoms with Gasteiger partial charge in [-0.05, 0) is 25.5 Å². The van der Waals surface area contributed by atoms with Gasteiger partial charge in [0.2, 0.25) is 5.95 Å². The van der Waals surface area contributed by atoms with E-state index in [1.165, 1.54) is 19.2 Å². The Hall–Kier alpha value is -3.22. The second kappa shape index (κ2) is 7.12. The van der Waals surface area contributed by atoms with Gasteiger partial charge in [0.1, 0.15) is 11.4 Å². The minimum absolute atomic E-state index is 0.296. The van der Waals surface area contributed by atoms with Gasteiger partial charge in [0.25, 0.3) is 5.91 Å². The Morgan fingerprint density at radius 3 is 2.76 bits per heavy atom. The van der Waals surface area contributed by atoms with Crippen molar-refractivity contribution in [1.82, 2.24) is 15.3 Å². The second-order valence-electron chi connectivity index (χ2n) is 5.64. The van der Waals surface area contributed by atoms with Crippen molar-refractivity contribution in [3.63, 3.8) is 0 Å². The molecule has 0 radical (unpaired) electrons. The topological polar surface area (TPSA) is 78.9 Å². The summed E-state index contributed by atoms with van der Waals surface area (Å²) < 4.78 is 13.2. The number of halogens is 1. The molecule has 2 heterocycles. The van der Waals surface area contributed by atoms with Gasteiger partial charge in [-0.25, -0.2) is 9.37 Å². The van der Waals surface area contributed by atoms with Gasteiger partial charge in [-0.1, -0.05) is 30.3 Å². The first-order chi connectivity index (χ1) is 12.0. The number of fused-ring (bicyclic) bond motifs is 1. The fraction of sp³-hybridized carbons (Fsp3) is 0.167. The van der Waals surface area contributed by atoms with Crippen LogP contribution in [0.5, 0.6) is 0 Å². The molecule has 0 spiro atoms. The Kier molecular flexibility index (Phi) is 4.74. The third kappa shape index (κ3) is 4.00. The number of benzene rings is 1. The molecule has 1 aliphatic rings. The van der Waals surface area contributed by atoms with Gasteiger partial charge in [0.05, 0.1) is 11.5 Å². The zero-order chi connectivity index (χ0) is 17.8. The summed E-state index contributed by atoms with van der Waals surface area (Å²) in [6.45, 7) is 3.62. The quantitative estimate of drug-likeness (QED) is 0.796. The Labute approximate surface area is 144 Å². The molecule has 3 rings (SSSR count). The van der Waals surface area contributed by atoms with Crippen LogP contribution in [0.15, 0.2) is 59.8 Å². The maximum Gasteiger partial charge on any atom is 0.261 e. The first-order valence-corrected chi connectivity index (χ1v) is 7.81. The Morgan fingerprint density at radius 1 is 1.28 bits per heavy atom. The van der Waals surface area contributed by atoms with Crippen LogP contribution in [0.2, 0.25) is 0 Å². The first kappa shape index (κ1) is 16.6. The zero-order valence-electron chi connectivity index (χ0n) is 13.9. The third-order valence-corrected chi connectivity index (χ3v) is 3.63. The van der Waals surface area contributed by atoms with Gasteiger partial charge < -0.3 is 16.0 Å². The van der Waals surface area contributed by atoms with Crippen LogP contribution in [0, 0.1) is 0 Å². The van der Waals surface area contributed by atoms with Crippen molar-refractivity contribution in [2.45, 2.75) is 20.4 Å². The normalized spacial score (nSPS) is 14.4. The molecule has 0 atom stereocenters. The van der Waals surface area contributed by atoms with E-state index < -0.39 is 5.83 Å². The lowest BCUT2D eigenvalue weighted by Gasteiger charge is -2.09. The molecule has 0 saturated heterocycles. The predicted molar refractivity (Wildman–Crippen MR) is 94.5 cm³/mol. The van der Waals surface area contributed by atoms with E-state index in [0.29, 0.717) is 35.3 Å². The van der Waals surface area contributed by atoms with Crippen molar-refractivity contribution in [3.05, 3.63) is 71.0 Å². The molecule has 1 amide bonds.